The van der Waals surface area contributed by atoms with Gasteiger partial charge in [-0.2, -0.15) is 5.10 Å². The molecular weight excluding hydrogens is 390 g/mol. The number of methoxy groups -OCH3 is 1. The van der Waals surface area contributed by atoms with E-state index in [9.17, 15) is 9.59 Å². The van der Waals surface area contributed by atoms with Crippen molar-refractivity contribution < 1.29 is 19.1 Å². The molecule has 1 amide bonds. The van der Waals surface area contributed by atoms with Gasteiger partial charge in [-0.15, -0.1) is 0 Å². The average molecular weight is 408 g/mol. The zero-order valence-corrected chi connectivity index (χ0v) is 15.6. The molecule has 0 unspecified atom stereocenters. The average Bonchev–Trinajstić information content (AvgIpc) is 2.96. The molecule has 1 aliphatic rings. The molecule has 1 aromatic carbocycles. The monoisotopic (exact) mass is 407 g/mol. The summed E-state index contributed by atoms with van der Waals surface area (Å²) in [6.45, 7) is 3.51. The van der Waals surface area contributed by atoms with Crippen LogP contribution < -0.4 is 4.74 Å². The van der Waals surface area contributed by atoms with Gasteiger partial charge < -0.3 is 14.4 Å². The predicted molar refractivity (Wildman–Crippen MR) is 93.6 cm³/mol. The molecule has 8 heteroatoms. The summed E-state index contributed by atoms with van der Waals surface area (Å²) in [6, 6.07) is 7.58. The number of nitrogens with zero attached hydrogens (tertiary/aromatic N) is 3. The molecule has 2 aromatic rings. The van der Waals surface area contributed by atoms with Crippen LogP contribution in [0.3, 0.4) is 0 Å². The summed E-state index contributed by atoms with van der Waals surface area (Å²) in [5.74, 6) is 0.0661. The lowest BCUT2D eigenvalue weighted by Crippen LogP contribution is -2.40. The van der Waals surface area contributed by atoms with Gasteiger partial charge in [-0.05, 0) is 40.5 Å². The van der Waals surface area contributed by atoms with Crippen LogP contribution in [0.1, 0.15) is 33.5 Å². The van der Waals surface area contributed by atoms with Crippen molar-refractivity contribution in [2.24, 2.45) is 0 Å². The number of ether oxygens (including phenoxy) is 2. The number of hydrogen-bond acceptors (Lipinski definition) is 5. The number of hydrogen-bond donors (Lipinski definition) is 0. The number of aromatic nitrogens is 2. The lowest BCUT2D eigenvalue weighted by molar-refractivity contribution is 0.0516. The van der Waals surface area contributed by atoms with E-state index in [-0.39, 0.29) is 18.2 Å². The highest BCUT2D eigenvalue weighted by Crippen LogP contribution is 2.27. The molecule has 0 N–H and O–H groups in total. The van der Waals surface area contributed by atoms with Gasteiger partial charge in [0, 0.05) is 13.1 Å². The van der Waals surface area contributed by atoms with E-state index >= 15 is 0 Å². The molecule has 1 aliphatic heterocycles. The van der Waals surface area contributed by atoms with Gasteiger partial charge in [-0.3, -0.25) is 9.48 Å². The van der Waals surface area contributed by atoms with Crippen molar-refractivity contribution in [3.05, 3.63) is 45.7 Å². The van der Waals surface area contributed by atoms with Crippen LogP contribution in [0.4, 0.5) is 0 Å². The van der Waals surface area contributed by atoms with Crippen LogP contribution in [0.5, 0.6) is 5.75 Å². The van der Waals surface area contributed by atoms with Crippen LogP contribution in [0, 0.1) is 0 Å². The summed E-state index contributed by atoms with van der Waals surface area (Å²) in [5, 5.41) is 4.21. The quantitative estimate of drug-likeness (QED) is 0.711. The number of fused-ring (bicyclic) bond motifs is 1. The van der Waals surface area contributed by atoms with Crippen molar-refractivity contribution >= 4 is 27.8 Å². The number of rotatable bonds is 5. The van der Waals surface area contributed by atoms with E-state index in [4.69, 9.17) is 9.47 Å². The highest BCUT2D eigenvalue weighted by atomic mass is 79.9. The van der Waals surface area contributed by atoms with Gasteiger partial charge in [-0.25, -0.2) is 4.79 Å². The second-order valence-electron chi connectivity index (χ2n) is 5.53. The molecule has 0 spiro atoms. The molecule has 0 saturated carbocycles. The first-order chi connectivity index (χ1) is 12.0. The summed E-state index contributed by atoms with van der Waals surface area (Å²) in [4.78, 5) is 26.5. The highest BCUT2D eigenvalue weighted by molar-refractivity contribution is 9.10. The minimum absolute atomic E-state index is 0.136. The zero-order valence-electron chi connectivity index (χ0n) is 14.0. The van der Waals surface area contributed by atoms with Gasteiger partial charge >= 0.3 is 5.97 Å². The second-order valence-corrected chi connectivity index (χ2v) is 6.32. The third-order valence-corrected chi connectivity index (χ3v) is 4.72. The standard InChI is InChI=1S/C17H18BrN3O4/c1-3-25-17(23)14-13(18)15-16(22)20(8-9-21(15)19-14)10-11-4-6-12(24-2)7-5-11/h4-7H,3,8-10H2,1-2H3. The fourth-order valence-electron chi connectivity index (χ4n) is 2.70. The Morgan fingerprint density at radius 3 is 2.64 bits per heavy atom. The number of amides is 1. The van der Waals surface area contributed by atoms with Crippen molar-refractivity contribution in [2.75, 3.05) is 20.3 Å². The minimum atomic E-state index is -0.536. The van der Waals surface area contributed by atoms with E-state index in [1.54, 1.807) is 23.6 Å². The van der Waals surface area contributed by atoms with Crippen molar-refractivity contribution in [3.8, 4) is 5.75 Å². The van der Waals surface area contributed by atoms with Crippen LogP contribution >= 0.6 is 15.9 Å². The first-order valence-corrected chi connectivity index (χ1v) is 8.70. The summed E-state index contributed by atoms with van der Waals surface area (Å²) in [5.41, 5.74) is 1.52. The molecule has 0 radical (unpaired) electrons. The maximum absolute atomic E-state index is 12.8. The Bertz CT molecular complexity index is 801. The Hall–Kier alpha value is -2.35. The van der Waals surface area contributed by atoms with Gasteiger partial charge in [-0.1, -0.05) is 12.1 Å². The van der Waals surface area contributed by atoms with Gasteiger partial charge in [0.25, 0.3) is 5.91 Å². The molecule has 7 nitrogen and oxygen atoms in total. The Morgan fingerprint density at radius 2 is 2.00 bits per heavy atom. The molecule has 0 saturated heterocycles. The Morgan fingerprint density at radius 1 is 1.28 bits per heavy atom. The normalized spacial score (nSPS) is 13.6. The van der Waals surface area contributed by atoms with Gasteiger partial charge in [0.2, 0.25) is 0 Å². The molecule has 25 heavy (non-hydrogen) atoms. The smallest absolute Gasteiger partial charge is 0.360 e. The maximum Gasteiger partial charge on any atom is 0.360 e. The fraction of sp³-hybridized carbons (Fsp3) is 0.353. The van der Waals surface area contributed by atoms with E-state index < -0.39 is 5.97 Å². The maximum atomic E-state index is 12.8. The number of carbonyl (C=O) groups is 2. The first kappa shape index (κ1) is 17.5. The third-order valence-electron chi connectivity index (χ3n) is 3.97. The van der Waals surface area contributed by atoms with Gasteiger partial charge in [0.15, 0.2) is 5.69 Å². The third kappa shape index (κ3) is 3.39. The van der Waals surface area contributed by atoms with E-state index in [0.29, 0.717) is 29.8 Å². The summed E-state index contributed by atoms with van der Waals surface area (Å²) < 4.78 is 12.1. The van der Waals surface area contributed by atoms with Crippen LogP contribution in [0.2, 0.25) is 0 Å². The van der Waals surface area contributed by atoms with E-state index in [0.717, 1.165) is 11.3 Å². The van der Waals surface area contributed by atoms with Crippen LogP contribution in [0.15, 0.2) is 28.7 Å². The van der Waals surface area contributed by atoms with Crippen molar-refractivity contribution in [1.29, 1.82) is 0 Å². The lowest BCUT2D eigenvalue weighted by atomic mass is 10.2. The van der Waals surface area contributed by atoms with Crippen molar-refractivity contribution in [3.63, 3.8) is 0 Å². The second kappa shape index (κ2) is 7.26. The molecule has 0 aliphatic carbocycles. The van der Waals surface area contributed by atoms with Crippen molar-refractivity contribution in [1.82, 2.24) is 14.7 Å². The molecule has 3 rings (SSSR count). The summed E-state index contributed by atoms with van der Waals surface area (Å²) in [7, 11) is 1.61. The number of halogens is 1. The first-order valence-electron chi connectivity index (χ1n) is 7.90. The van der Waals surface area contributed by atoms with Crippen LogP contribution in [-0.4, -0.2) is 46.8 Å². The van der Waals surface area contributed by atoms with Crippen LogP contribution in [-0.2, 0) is 17.8 Å². The molecular formula is C17H18BrN3O4. The molecule has 0 fully saturated rings. The SMILES string of the molecule is CCOC(=O)c1nn2c(c1Br)C(=O)N(Cc1ccc(OC)cc1)CC2. The Balaban J connectivity index is 1.81. The fourth-order valence-corrected chi connectivity index (χ4v) is 3.32. The lowest BCUT2D eigenvalue weighted by Gasteiger charge is -2.27. The Labute approximate surface area is 153 Å². The number of benzene rings is 1. The Kier molecular flexibility index (Phi) is 5.08. The number of carbonyl (C=O) groups excluding carboxylic acids is 2. The topological polar surface area (TPSA) is 73.7 Å². The summed E-state index contributed by atoms with van der Waals surface area (Å²) >= 11 is 3.33. The van der Waals surface area contributed by atoms with Crippen molar-refractivity contribution in [2.45, 2.75) is 20.0 Å². The number of esters is 1. The molecule has 2 heterocycles. The van der Waals surface area contributed by atoms with E-state index in [1.165, 1.54) is 0 Å². The molecule has 0 bridgehead atoms. The van der Waals surface area contributed by atoms with Gasteiger partial charge in [0.1, 0.15) is 11.4 Å². The minimum Gasteiger partial charge on any atom is -0.497 e. The highest BCUT2D eigenvalue weighted by Gasteiger charge is 2.32. The van der Waals surface area contributed by atoms with E-state index in [1.807, 2.05) is 24.3 Å². The summed E-state index contributed by atoms with van der Waals surface area (Å²) in [6.07, 6.45) is 0. The molecule has 1 aromatic heterocycles. The molecule has 132 valence electrons. The van der Waals surface area contributed by atoms with Gasteiger partial charge in [0.05, 0.1) is 24.7 Å². The molecule has 0 atom stereocenters. The van der Waals surface area contributed by atoms with E-state index in [2.05, 4.69) is 21.0 Å². The predicted octanol–water partition coefficient (Wildman–Crippen LogP) is 2.49. The van der Waals surface area contributed by atoms with Crippen LogP contribution in [0.25, 0.3) is 0 Å². The largest absolute Gasteiger partial charge is 0.497 e. The zero-order chi connectivity index (χ0) is 18.0.